The lowest BCUT2D eigenvalue weighted by Gasteiger charge is -2.29. The standard InChI is InChI=1S/C27H30ClN3O4/c28-24-6-5-20(31-12-16-34-17-13-31)19-23(24)27(32)29-25-7-8-26(22-4-2-1-3-21(22)25)35-18-11-30-9-14-33-15-10-30/h1-8,19H,9-18H2,(H,29,32). The van der Waals surface area contributed by atoms with Crippen molar-refractivity contribution in [3.8, 4) is 5.75 Å². The molecule has 184 valence electrons. The smallest absolute Gasteiger partial charge is 0.257 e. The molecule has 2 aliphatic rings. The van der Waals surface area contributed by atoms with E-state index < -0.39 is 0 Å². The molecular weight excluding hydrogens is 466 g/mol. The fourth-order valence-corrected chi connectivity index (χ4v) is 4.71. The summed E-state index contributed by atoms with van der Waals surface area (Å²) in [5.74, 6) is 0.565. The Kier molecular flexibility index (Phi) is 7.69. The van der Waals surface area contributed by atoms with Gasteiger partial charge in [-0.15, -0.1) is 0 Å². The predicted octanol–water partition coefficient (Wildman–Crippen LogP) is 4.29. The maximum Gasteiger partial charge on any atom is 0.257 e. The number of morpholine rings is 2. The van der Waals surface area contributed by atoms with Crippen LogP contribution in [0, 0.1) is 0 Å². The van der Waals surface area contributed by atoms with Crippen LogP contribution < -0.4 is 15.0 Å². The number of halogens is 1. The van der Waals surface area contributed by atoms with Crippen LogP contribution in [0.15, 0.2) is 54.6 Å². The summed E-state index contributed by atoms with van der Waals surface area (Å²) in [4.78, 5) is 17.8. The van der Waals surface area contributed by atoms with Gasteiger partial charge in [0.1, 0.15) is 12.4 Å². The fourth-order valence-electron chi connectivity index (χ4n) is 4.51. The van der Waals surface area contributed by atoms with Gasteiger partial charge in [0.25, 0.3) is 5.91 Å². The van der Waals surface area contributed by atoms with Crippen LogP contribution in [0.5, 0.6) is 5.75 Å². The summed E-state index contributed by atoms with van der Waals surface area (Å²) in [6, 6.07) is 17.3. The lowest BCUT2D eigenvalue weighted by molar-refractivity contribution is 0.0323. The summed E-state index contributed by atoms with van der Waals surface area (Å²) in [5, 5.41) is 5.37. The SMILES string of the molecule is O=C(Nc1ccc(OCCN2CCOCC2)c2ccccc12)c1cc(N2CCOCC2)ccc1Cl. The zero-order chi connectivity index (χ0) is 24.0. The maximum absolute atomic E-state index is 13.3. The number of hydrogen-bond donors (Lipinski definition) is 1. The number of nitrogens with one attached hydrogen (secondary N) is 1. The molecule has 0 saturated carbocycles. The monoisotopic (exact) mass is 495 g/mol. The van der Waals surface area contributed by atoms with E-state index in [0.717, 1.165) is 73.8 Å². The molecule has 8 heteroatoms. The van der Waals surface area contributed by atoms with Crippen LogP contribution in [0.25, 0.3) is 10.8 Å². The fraction of sp³-hybridized carbons (Fsp3) is 0.370. The van der Waals surface area contributed by atoms with Crippen LogP contribution in [0.3, 0.4) is 0 Å². The lowest BCUT2D eigenvalue weighted by atomic mass is 10.1. The number of benzene rings is 3. The van der Waals surface area contributed by atoms with Crippen molar-refractivity contribution in [1.29, 1.82) is 0 Å². The van der Waals surface area contributed by atoms with Crippen molar-refractivity contribution < 1.29 is 19.0 Å². The number of hydrogen-bond acceptors (Lipinski definition) is 6. The van der Waals surface area contributed by atoms with Gasteiger partial charge < -0.3 is 24.4 Å². The first-order valence-corrected chi connectivity index (χ1v) is 12.4. The van der Waals surface area contributed by atoms with E-state index in [2.05, 4.69) is 15.1 Å². The molecule has 2 saturated heterocycles. The Balaban J connectivity index is 1.32. The zero-order valence-corrected chi connectivity index (χ0v) is 20.4. The maximum atomic E-state index is 13.3. The van der Waals surface area contributed by atoms with Crippen LogP contribution in [0.4, 0.5) is 11.4 Å². The summed E-state index contributed by atoms with van der Waals surface area (Å²) in [7, 11) is 0. The molecule has 0 bridgehead atoms. The van der Waals surface area contributed by atoms with E-state index in [4.69, 9.17) is 25.8 Å². The molecule has 5 rings (SSSR count). The quantitative estimate of drug-likeness (QED) is 0.527. The van der Waals surface area contributed by atoms with Crippen LogP contribution >= 0.6 is 11.6 Å². The summed E-state index contributed by atoms with van der Waals surface area (Å²) in [6.07, 6.45) is 0. The van der Waals surface area contributed by atoms with Crippen LogP contribution in [-0.4, -0.2) is 76.6 Å². The number of nitrogens with zero attached hydrogens (tertiary/aromatic N) is 2. The Bertz CT molecular complexity index is 1180. The topological polar surface area (TPSA) is 63.3 Å². The largest absolute Gasteiger partial charge is 0.492 e. The number of carbonyl (C=O) groups excluding carboxylic acids is 1. The van der Waals surface area contributed by atoms with E-state index >= 15 is 0 Å². The molecule has 0 spiro atoms. The molecule has 0 atom stereocenters. The molecule has 2 fully saturated rings. The van der Waals surface area contributed by atoms with Crippen molar-refractivity contribution in [1.82, 2.24) is 4.90 Å². The first kappa shape index (κ1) is 23.9. The molecule has 1 N–H and O–H groups in total. The molecule has 0 aromatic heterocycles. The Morgan fingerprint density at radius 3 is 2.40 bits per heavy atom. The minimum Gasteiger partial charge on any atom is -0.492 e. The average Bonchev–Trinajstić information content (AvgIpc) is 2.91. The summed E-state index contributed by atoms with van der Waals surface area (Å²) < 4.78 is 17.0. The third-order valence-electron chi connectivity index (χ3n) is 6.47. The third kappa shape index (κ3) is 5.70. The molecule has 0 radical (unpaired) electrons. The van der Waals surface area contributed by atoms with Crippen LogP contribution in [-0.2, 0) is 9.47 Å². The van der Waals surface area contributed by atoms with Gasteiger partial charge in [0.2, 0.25) is 0 Å². The van der Waals surface area contributed by atoms with Gasteiger partial charge >= 0.3 is 0 Å². The molecule has 0 unspecified atom stereocenters. The van der Waals surface area contributed by atoms with Gasteiger partial charge in [-0.1, -0.05) is 35.9 Å². The van der Waals surface area contributed by atoms with Gasteiger partial charge in [0.05, 0.1) is 37.0 Å². The lowest BCUT2D eigenvalue weighted by Crippen LogP contribution is -2.38. The van der Waals surface area contributed by atoms with Crippen molar-refractivity contribution in [2.45, 2.75) is 0 Å². The summed E-state index contributed by atoms with van der Waals surface area (Å²) in [5.41, 5.74) is 2.14. The molecule has 2 aliphatic heterocycles. The average molecular weight is 496 g/mol. The number of amides is 1. The van der Waals surface area contributed by atoms with Crippen molar-refractivity contribution in [2.24, 2.45) is 0 Å². The van der Waals surface area contributed by atoms with E-state index in [1.54, 1.807) is 6.07 Å². The highest BCUT2D eigenvalue weighted by atomic mass is 35.5. The molecule has 2 heterocycles. The van der Waals surface area contributed by atoms with E-state index in [1.165, 1.54) is 0 Å². The molecule has 1 amide bonds. The number of fused-ring (bicyclic) bond motifs is 1. The molecule has 0 aliphatic carbocycles. The highest BCUT2D eigenvalue weighted by Crippen LogP contribution is 2.33. The number of rotatable bonds is 7. The minimum absolute atomic E-state index is 0.240. The molecular formula is C27H30ClN3O4. The highest BCUT2D eigenvalue weighted by molar-refractivity contribution is 6.34. The normalized spacial score (nSPS) is 16.9. The van der Waals surface area contributed by atoms with Gasteiger partial charge in [-0.25, -0.2) is 0 Å². The Morgan fingerprint density at radius 1 is 0.914 bits per heavy atom. The second-order valence-corrected chi connectivity index (χ2v) is 9.08. The molecule has 7 nitrogen and oxygen atoms in total. The van der Waals surface area contributed by atoms with Crippen LogP contribution in [0.1, 0.15) is 10.4 Å². The first-order valence-electron chi connectivity index (χ1n) is 12.1. The number of anilines is 2. The van der Waals surface area contributed by atoms with Gasteiger partial charge in [-0.2, -0.15) is 0 Å². The minimum atomic E-state index is -0.240. The van der Waals surface area contributed by atoms with Gasteiger partial charge in [-0.3, -0.25) is 9.69 Å². The summed E-state index contributed by atoms with van der Waals surface area (Å²) in [6.45, 7) is 7.81. The van der Waals surface area contributed by atoms with E-state index in [1.807, 2.05) is 48.5 Å². The Hall–Kier alpha value is -2.84. The van der Waals surface area contributed by atoms with Gasteiger partial charge in [-0.05, 0) is 30.3 Å². The third-order valence-corrected chi connectivity index (χ3v) is 6.80. The Labute approximate surface area is 210 Å². The highest BCUT2D eigenvalue weighted by Gasteiger charge is 2.18. The summed E-state index contributed by atoms with van der Waals surface area (Å²) >= 11 is 6.43. The van der Waals surface area contributed by atoms with E-state index in [9.17, 15) is 4.79 Å². The van der Waals surface area contributed by atoms with Gasteiger partial charge in [0.15, 0.2) is 0 Å². The van der Waals surface area contributed by atoms with Crippen molar-refractivity contribution >= 4 is 39.7 Å². The van der Waals surface area contributed by atoms with Crippen molar-refractivity contribution in [2.75, 3.05) is 76.0 Å². The molecule has 3 aromatic rings. The van der Waals surface area contributed by atoms with Gasteiger partial charge in [0, 0.05) is 54.9 Å². The van der Waals surface area contributed by atoms with Crippen molar-refractivity contribution in [3.05, 3.63) is 65.2 Å². The second-order valence-electron chi connectivity index (χ2n) is 8.68. The first-order chi connectivity index (χ1) is 17.2. The molecule has 3 aromatic carbocycles. The van der Waals surface area contributed by atoms with Crippen molar-refractivity contribution in [3.63, 3.8) is 0 Å². The van der Waals surface area contributed by atoms with Crippen LogP contribution in [0.2, 0.25) is 5.02 Å². The number of ether oxygens (including phenoxy) is 3. The van der Waals surface area contributed by atoms with E-state index in [0.29, 0.717) is 30.4 Å². The molecule has 35 heavy (non-hydrogen) atoms. The number of carbonyl (C=O) groups is 1. The zero-order valence-electron chi connectivity index (χ0n) is 19.7. The Morgan fingerprint density at radius 2 is 1.63 bits per heavy atom. The van der Waals surface area contributed by atoms with E-state index in [-0.39, 0.29) is 5.91 Å². The predicted molar refractivity (Wildman–Crippen MR) is 139 cm³/mol. The second kappa shape index (κ2) is 11.3.